The second-order valence-electron chi connectivity index (χ2n) is 8.83. The van der Waals surface area contributed by atoms with Crippen LogP contribution in [-0.4, -0.2) is 30.3 Å². The van der Waals surface area contributed by atoms with Crippen LogP contribution < -0.4 is 5.32 Å². The molecule has 0 aliphatic carbocycles. The quantitative estimate of drug-likeness (QED) is 0.269. The number of nitrogens with zero attached hydrogens (tertiary/aromatic N) is 5. The summed E-state index contributed by atoms with van der Waals surface area (Å²) in [6.45, 7) is 0.259. The number of hydrogen-bond donors (Lipinski definition) is 1. The Balaban J connectivity index is 1.37. The highest BCUT2D eigenvalue weighted by atomic mass is 19.4. The van der Waals surface area contributed by atoms with Gasteiger partial charge in [-0.1, -0.05) is 54.6 Å². The Morgan fingerprint density at radius 3 is 2.56 bits per heavy atom. The molecular weight excluding hydrogens is 512 g/mol. The molecule has 194 valence electrons. The minimum Gasteiger partial charge on any atom is -0.305 e. The number of nitrogens with one attached hydrogen (secondary N) is 1. The van der Waals surface area contributed by atoms with Gasteiger partial charge in [-0.15, -0.1) is 0 Å². The number of carbonyl (C=O) groups is 1. The molecule has 3 aromatic heterocycles. The van der Waals surface area contributed by atoms with Crippen LogP contribution in [0.3, 0.4) is 0 Å². The Morgan fingerprint density at radius 2 is 1.74 bits per heavy atom. The number of alkyl halides is 3. The summed E-state index contributed by atoms with van der Waals surface area (Å²) in [7, 11) is 0. The van der Waals surface area contributed by atoms with Gasteiger partial charge in [0, 0.05) is 17.8 Å². The van der Waals surface area contributed by atoms with Crippen LogP contribution in [0.25, 0.3) is 27.7 Å². The summed E-state index contributed by atoms with van der Waals surface area (Å²) in [5.74, 6) is -0.941. The van der Waals surface area contributed by atoms with Gasteiger partial charge in [-0.3, -0.25) is 9.48 Å². The lowest BCUT2D eigenvalue weighted by molar-refractivity contribution is -0.142. The van der Waals surface area contributed by atoms with Gasteiger partial charge in [0.1, 0.15) is 11.4 Å². The number of amides is 1. The SMILES string of the molecule is O=C(Nc1ccn(Cc2cccc(F)c2)n1)c1cnn2c(C(F)(F)F)cc(-c3cccc4ccccc34)nc12. The zero-order valence-corrected chi connectivity index (χ0v) is 20.0. The van der Waals surface area contributed by atoms with E-state index in [0.717, 1.165) is 23.0 Å². The van der Waals surface area contributed by atoms with Crippen LogP contribution in [0, 0.1) is 5.82 Å². The van der Waals surface area contributed by atoms with Gasteiger partial charge >= 0.3 is 6.18 Å². The van der Waals surface area contributed by atoms with Crippen molar-refractivity contribution in [1.82, 2.24) is 24.4 Å². The summed E-state index contributed by atoms with van der Waals surface area (Å²) in [4.78, 5) is 17.6. The molecule has 1 amide bonds. The van der Waals surface area contributed by atoms with Crippen molar-refractivity contribution in [3.8, 4) is 11.3 Å². The van der Waals surface area contributed by atoms with E-state index in [0.29, 0.717) is 15.6 Å². The van der Waals surface area contributed by atoms with E-state index in [1.165, 1.54) is 22.9 Å². The van der Waals surface area contributed by atoms with E-state index in [4.69, 9.17) is 0 Å². The lowest BCUT2D eigenvalue weighted by Crippen LogP contribution is -2.16. The summed E-state index contributed by atoms with van der Waals surface area (Å²) >= 11 is 0. The highest BCUT2D eigenvalue weighted by Crippen LogP contribution is 2.35. The number of benzene rings is 3. The van der Waals surface area contributed by atoms with Crippen LogP contribution in [0.4, 0.5) is 23.4 Å². The molecule has 0 bridgehead atoms. The Hall–Kier alpha value is -5.06. The molecule has 0 radical (unpaired) electrons. The Bertz CT molecular complexity index is 1850. The second-order valence-corrected chi connectivity index (χ2v) is 8.83. The van der Waals surface area contributed by atoms with Crippen molar-refractivity contribution in [2.24, 2.45) is 0 Å². The third kappa shape index (κ3) is 4.70. The van der Waals surface area contributed by atoms with Gasteiger partial charge in [0.2, 0.25) is 0 Å². The Morgan fingerprint density at radius 1 is 0.949 bits per heavy atom. The molecule has 1 N–H and O–H groups in total. The molecule has 6 rings (SSSR count). The molecule has 0 unspecified atom stereocenters. The molecule has 3 heterocycles. The number of rotatable bonds is 5. The van der Waals surface area contributed by atoms with Gasteiger partial charge in [0.15, 0.2) is 17.2 Å². The minimum absolute atomic E-state index is 0.0561. The van der Waals surface area contributed by atoms with Crippen molar-refractivity contribution >= 4 is 28.1 Å². The van der Waals surface area contributed by atoms with Crippen molar-refractivity contribution in [2.45, 2.75) is 12.7 Å². The first-order valence-electron chi connectivity index (χ1n) is 11.8. The van der Waals surface area contributed by atoms with E-state index < -0.39 is 17.8 Å². The molecular formula is C28H18F4N6O. The monoisotopic (exact) mass is 530 g/mol. The molecule has 0 spiro atoms. The molecule has 39 heavy (non-hydrogen) atoms. The van der Waals surface area contributed by atoms with E-state index in [-0.39, 0.29) is 35.1 Å². The average molecular weight is 530 g/mol. The minimum atomic E-state index is -4.75. The number of fused-ring (bicyclic) bond motifs is 2. The summed E-state index contributed by atoms with van der Waals surface area (Å²) in [6, 6.07) is 21.0. The third-order valence-electron chi connectivity index (χ3n) is 6.19. The van der Waals surface area contributed by atoms with Gasteiger partial charge in [-0.2, -0.15) is 23.4 Å². The second kappa shape index (κ2) is 9.35. The van der Waals surface area contributed by atoms with E-state index in [9.17, 15) is 22.4 Å². The zero-order valence-electron chi connectivity index (χ0n) is 20.0. The fourth-order valence-corrected chi connectivity index (χ4v) is 4.43. The summed E-state index contributed by atoms with van der Waals surface area (Å²) < 4.78 is 57.8. The highest BCUT2D eigenvalue weighted by Gasteiger charge is 2.36. The molecule has 0 saturated carbocycles. The van der Waals surface area contributed by atoms with Crippen LogP contribution >= 0.6 is 0 Å². The number of carbonyl (C=O) groups excluding carboxylic acids is 1. The molecule has 3 aromatic carbocycles. The van der Waals surface area contributed by atoms with Crippen LogP contribution in [0.15, 0.2) is 91.3 Å². The molecule has 6 aromatic rings. The smallest absolute Gasteiger partial charge is 0.305 e. The maximum atomic E-state index is 14.1. The van der Waals surface area contributed by atoms with E-state index in [1.54, 1.807) is 42.6 Å². The summed E-state index contributed by atoms with van der Waals surface area (Å²) in [5, 5.41) is 12.2. The molecule has 0 aliphatic heterocycles. The largest absolute Gasteiger partial charge is 0.433 e. The fraction of sp³-hybridized carbons (Fsp3) is 0.0714. The maximum absolute atomic E-state index is 14.1. The standard InChI is InChI=1S/C28H18F4N6O/c29-19-8-3-5-17(13-19)16-37-12-11-25(36-37)35-27(39)22-15-33-38-24(28(30,31)32)14-23(34-26(22)38)21-10-4-7-18-6-1-2-9-20(18)21/h1-15H,16H2,(H,35,36,39). The molecule has 7 nitrogen and oxygen atoms in total. The van der Waals surface area contributed by atoms with Crippen LogP contribution in [0.5, 0.6) is 0 Å². The fourth-order valence-electron chi connectivity index (χ4n) is 4.43. The summed E-state index contributed by atoms with van der Waals surface area (Å²) in [5.41, 5.74) is -0.241. The van der Waals surface area contributed by atoms with Crippen LogP contribution in [0.2, 0.25) is 0 Å². The van der Waals surface area contributed by atoms with Gasteiger partial charge in [-0.05, 0) is 34.5 Å². The first kappa shape index (κ1) is 24.3. The number of halogens is 4. The topological polar surface area (TPSA) is 77.1 Å². The number of aromatic nitrogens is 5. The van der Waals surface area contributed by atoms with Crippen molar-refractivity contribution < 1.29 is 22.4 Å². The number of hydrogen-bond acceptors (Lipinski definition) is 4. The van der Waals surface area contributed by atoms with E-state index >= 15 is 0 Å². The summed E-state index contributed by atoms with van der Waals surface area (Å²) in [6.07, 6.45) is -2.12. The normalized spacial score (nSPS) is 11.8. The van der Waals surface area contributed by atoms with Gasteiger partial charge in [0.05, 0.1) is 18.4 Å². The predicted molar refractivity (Wildman–Crippen MR) is 137 cm³/mol. The van der Waals surface area contributed by atoms with Gasteiger partial charge in [0.25, 0.3) is 5.91 Å². The molecule has 0 aliphatic rings. The Kier molecular flexibility index (Phi) is 5.82. The molecule has 11 heteroatoms. The van der Waals surface area contributed by atoms with Gasteiger partial charge < -0.3 is 5.32 Å². The maximum Gasteiger partial charge on any atom is 0.433 e. The Labute approximate surface area is 218 Å². The van der Waals surface area contributed by atoms with Crippen LogP contribution in [-0.2, 0) is 12.7 Å². The molecule has 0 atom stereocenters. The number of anilines is 1. The first-order valence-corrected chi connectivity index (χ1v) is 11.8. The molecule has 0 saturated heterocycles. The van der Waals surface area contributed by atoms with E-state index in [1.807, 2.05) is 18.2 Å². The van der Waals surface area contributed by atoms with Gasteiger partial charge in [-0.25, -0.2) is 13.9 Å². The average Bonchev–Trinajstić information content (AvgIpc) is 3.54. The lowest BCUT2D eigenvalue weighted by Gasteiger charge is -2.13. The van der Waals surface area contributed by atoms with Crippen molar-refractivity contribution in [3.05, 3.63) is 114 Å². The van der Waals surface area contributed by atoms with Crippen molar-refractivity contribution in [1.29, 1.82) is 0 Å². The lowest BCUT2D eigenvalue weighted by atomic mass is 10.0. The highest BCUT2D eigenvalue weighted by molar-refractivity contribution is 6.08. The first-order chi connectivity index (χ1) is 18.8. The van der Waals surface area contributed by atoms with Crippen molar-refractivity contribution in [3.63, 3.8) is 0 Å². The molecule has 0 fully saturated rings. The predicted octanol–water partition coefficient (Wildman–Crippen LogP) is 6.20. The zero-order chi connectivity index (χ0) is 27.1. The third-order valence-corrected chi connectivity index (χ3v) is 6.19. The van der Waals surface area contributed by atoms with E-state index in [2.05, 4.69) is 20.5 Å². The van der Waals surface area contributed by atoms with Crippen LogP contribution in [0.1, 0.15) is 21.6 Å². The van der Waals surface area contributed by atoms with Crippen molar-refractivity contribution in [2.75, 3.05) is 5.32 Å².